The summed E-state index contributed by atoms with van der Waals surface area (Å²) in [5, 5.41) is 13.2. The van der Waals surface area contributed by atoms with E-state index in [1.165, 1.54) is 6.42 Å². The van der Waals surface area contributed by atoms with E-state index in [4.69, 9.17) is 0 Å². The monoisotopic (exact) mass is 243 g/mol. The van der Waals surface area contributed by atoms with Gasteiger partial charge in [-0.2, -0.15) is 0 Å². The number of aliphatic hydroxyl groups is 1. The lowest BCUT2D eigenvalue weighted by Crippen LogP contribution is -2.53. The molecule has 2 N–H and O–H groups in total. The Bertz CT molecular complexity index is 211. The number of hydrogen-bond acceptors (Lipinski definition) is 4. The van der Waals surface area contributed by atoms with Crippen molar-refractivity contribution >= 4 is 0 Å². The van der Waals surface area contributed by atoms with Crippen LogP contribution >= 0.6 is 0 Å². The predicted molar refractivity (Wildman–Crippen MR) is 72.3 cm³/mol. The van der Waals surface area contributed by atoms with Gasteiger partial charge in [-0.1, -0.05) is 20.8 Å². The first-order valence-electron chi connectivity index (χ1n) is 6.87. The third-order valence-electron chi connectivity index (χ3n) is 3.56. The average Bonchev–Trinajstić information content (AvgIpc) is 2.29. The van der Waals surface area contributed by atoms with Gasteiger partial charge in [-0.05, 0) is 13.5 Å². The van der Waals surface area contributed by atoms with Crippen LogP contribution in [0.4, 0.5) is 0 Å². The van der Waals surface area contributed by atoms with Crippen LogP contribution in [-0.4, -0.2) is 72.9 Å². The lowest BCUT2D eigenvalue weighted by molar-refractivity contribution is 0.0500. The molecule has 17 heavy (non-hydrogen) atoms. The molecule has 1 rings (SSSR count). The van der Waals surface area contributed by atoms with E-state index in [0.29, 0.717) is 18.6 Å². The Balaban J connectivity index is 2.26. The van der Waals surface area contributed by atoms with Gasteiger partial charge in [0.1, 0.15) is 0 Å². The van der Waals surface area contributed by atoms with Crippen LogP contribution in [0.5, 0.6) is 0 Å². The number of nitrogens with zero attached hydrogens (tertiary/aromatic N) is 2. The van der Waals surface area contributed by atoms with Crippen LogP contribution < -0.4 is 5.32 Å². The number of likely N-dealkylation sites (N-methyl/N-ethyl adjacent to an activating group) is 1. The minimum Gasteiger partial charge on any atom is -0.390 e. The normalized spacial score (nSPS) is 25.4. The van der Waals surface area contributed by atoms with Crippen molar-refractivity contribution in [3.8, 4) is 0 Å². The molecule has 1 aliphatic rings. The second-order valence-corrected chi connectivity index (χ2v) is 5.52. The number of rotatable bonds is 6. The van der Waals surface area contributed by atoms with E-state index in [2.05, 4.69) is 42.9 Å². The van der Waals surface area contributed by atoms with Crippen LogP contribution in [0.15, 0.2) is 0 Å². The molecule has 0 aliphatic carbocycles. The first kappa shape index (κ1) is 14.9. The van der Waals surface area contributed by atoms with Crippen LogP contribution in [0.3, 0.4) is 0 Å². The van der Waals surface area contributed by atoms with Crippen LogP contribution in [-0.2, 0) is 0 Å². The predicted octanol–water partition coefficient (Wildman–Crippen LogP) is 0.371. The standard InChI is InChI=1S/C13H29N3O/c1-5-12-9-16(7-6-15(12)4)10-13(17)8-14-11(2)3/h11-14,17H,5-10H2,1-4H3. The lowest BCUT2D eigenvalue weighted by Gasteiger charge is -2.39. The van der Waals surface area contributed by atoms with Crippen molar-refractivity contribution in [2.45, 2.75) is 45.4 Å². The number of piperazine rings is 1. The first-order valence-corrected chi connectivity index (χ1v) is 6.87. The fraction of sp³-hybridized carbons (Fsp3) is 1.00. The zero-order chi connectivity index (χ0) is 12.8. The molecule has 0 aromatic carbocycles. The van der Waals surface area contributed by atoms with Gasteiger partial charge >= 0.3 is 0 Å². The fourth-order valence-electron chi connectivity index (χ4n) is 2.35. The van der Waals surface area contributed by atoms with Crippen LogP contribution in [0.25, 0.3) is 0 Å². The Labute approximate surface area is 106 Å². The summed E-state index contributed by atoms with van der Waals surface area (Å²) >= 11 is 0. The summed E-state index contributed by atoms with van der Waals surface area (Å²) in [6, 6.07) is 1.09. The largest absolute Gasteiger partial charge is 0.390 e. The zero-order valence-electron chi connectivity index (χ0n) is 11.8. The molecule has 2 unspecified atom stereocenters. The fourth-order valence-corrected chi connectivity index (χ4v) is 2.35. The number of nitrogens with one attached hydrogen (secondary N) is 1. The Morgan fingerprint density at radius 2 is 2.06 bits per heavy atom. The van der Waals surface area contributed by atoms with Gasteiger partial charge in [-0.15, -0.1) is 0 Å². The van der Waals surface area contributed by atoms with Crippen molar-refractivity contribution in [2.75, 3.05) is 39.8 Å². The van der Waals surface area contributed by atoms with Crippen molar-refractivity contribution < 1.29 is 5.11 Å². The minimum absolute atomic E-state index is 0.252. The van der Waals surface area contributed by atoms with Crippen LogP contribution in [0.2, 0.25) is 0 Å². The van der Waals surface area contributed by atoms with Gasteiger partial charge in [0.15, 0.2) is 0 Å². The average molecular weight is 243 g/mol. The van der Waals surface area contributed by atoms with E-state index in [0.717, 1.165) is 26.2 Å². The lowest BCUT2D eigenvalue weighted by atomic mass is 10.1. The quantitative estimate of drug-likeness (QED) is 0.707. The number of β-amino-alcohol motifs (C(OH)–C–C–N with tert-alkyl or cyclic N) is 1. The second-order valence-electron chi connectivity index (χ2n) is 5.52. The summed E-state index contributed by atoms with van der Waals surface area (Å²) in [5.74, 6) is 0. The van der Waals surface area contributed by atoms with E-state index in [-0.39, 0.29) is 6.10 Å². The van der Waals surface area contributed by atoms with Gasteiger partial charge < -0.3 is 15.3 Å². The van der Waals surface area contributed by atoms with E-state index < -0.39 is 0 Å². The van der Waals surface area contributed by atoms with Crippen molar-refractivity contribution in [1.82, 2.24) is 15.1 Å². The Morgan fingerprint density at radius 1 is 1.35 bits per heavy atom. The smallest absolute Gasteiger partial charge is 0.0791 e. The molecule has 0 aromatic heterocycles. The van der Waals surface area contributed by atoms with Crippen molar-refractivity contribution in [3.05, 3.63) is 0 Å². The van der Waals surface area contributed by atoms with Gasteiger partial charge in [0.2, 0.25) is 0 Å². The Kier molecular flexibility index (Phi) is 6.41. The van der Waals surface area contributed by atoms with Crippen molar-refractivity contribution in [2.24, 2.45) is 0 Å². The van der Waals surface area contributed by atoms with Crippen molar-refractivity contribution in [3.63, 3.8) is 0 Å². The molecule has 0 spiro atoms. The molecular weight excluding hydrogens is 214 g/mol. The molecule has 2 atom stereocenters. The summed E-state index contributed by atoms with van der Waals surface area (Å²) in [5.41, 5.74) is 0. The highest BCUT2D eigenvalue weighted by molar-refractivity contribution is 4.80. The zero-order valence-corrected chi connectivity index (χ0v) is 11.8. The maximum Gasteiger partial charge on any atom is 0.0791 e. The molecule has 4 heteroatoms. The minimum atomic E-state index is -0.252. The highest BCUT2D eigenvalue weighted by atomic mass is 16.3. The Hall–Kier alpha value is -0.160. The maximum absolute atomic E-state index is 9.96. The summed E-state index contributed by atoms with van der Waals surface area (Å²) in [7, 11) is 2.20. The summed E-state index contributed by atoms with van der Waals surface area (Å²) in [6.45, 7) is 11.2. The van der Waals surface area contributed by atoms with Gasteiger partial charge in [0.05, 0.1) is 6.10 Å². The second kappa shape index (κ2) is 7.31. The van der Waals surface area contributed by atoms with Crippen LogP contribution in [0, 0.1) is 0 Å². The summed E-state index contributed by atoms with van der Waals surface area (Å²) in [6.07, 6.45) is 0.936. The molecule has 0 bridgehead atoms. The molecule has 0 aromatic rings. The molecule has 0 radical (unpaired) electrons. The van der Waals surface area contributed by atoms with Gasteiger partial charge in [-0.3, -0.25) is 4.90 Å². The molecule has 102 valence electrons. The SMILES string of the molecule is CCC1CN(CC(O)CNC(C)C)CCN1C. The molecule has 1 fully saturated rings. The highest BCUT2D eigenvalue weighted by Gasteiger charge is 2.23. The van der Waals surface area contributed by atoms with E-state index >= 15 is 0 Å². The first-order chi connectivity index (χ1) is 8.02. The topological polar surface area (TPSA) is 38.7 Å². The van der Waals surface area contributed by atoms with E-state index in [1.807, 2.05) is 0 Å². The van der Waals surface area contributed by atoms with E-state index in [9.17, 15) is 5.11 Å². The Morgan fingerprint density at radius 3 is 2.65 bits per heavy atom. The molecule has 0 saturated carbocycles. The summed E-state index contributed by atoms with van der Waals surface area (Å²) in [4.78, 5) is 4.82. The molecule has 1 heterocycles. The maximum atomic E-state index is 9.96. The van der Waals surface area contributed by atoms with Crippen LogP contribution in [0.1, 0.15) is 27.2 Å². The number of aliphatic hydroxyl groups excluding tert-OH is 1. The van der Waals surface area contributed by atoms with Gasteiger partial charge in [0, 0.05) is 44.8 Å². The summed E-state index contributed by atoms with van der Waals surface area (Å²) < 4.78 is 0. The molecule has 1 saturated heterocycles. The van der Waals surface area contributed by atoms with Crippen molar-refractivity contribution in [1.29, 1.82) is 0 Å². The third kappa shape index (κ3) is 5.34. The van der Waals surface area contributed by atoms with Gasteiger partial charge in [-0.25, -0.2) is 0 Å². The van der Waals surface area contributed by atoms with Gasteiger partial charge in [0.25, 0.3) is 0 Å². The molecule has 4 nitrogen and oxygen atoms in total. The van der Waals surface area contributed by atoms with E-state index in [1.54, 1.807) is 0 Å². The number of hydrogen-bond donors (Lipinski definition) is 2. The molecule has 1 aliphatic heterocycles. The third-order valence-corrected chi connectivity index (χ3v) is 3.56. The molecular formula is C13H29N3O. The highest BCUT2D eigenvalue weighted by Crippen LogP contribution is 2.10. The molecule has 0 amide bonds.